The zero-order valence-corrected chi connectivity index (χ0v) is 13.0. The number of carbonyl (C=O) groups is 1. The molecule has 0 radical (unpaired) electrons. The Morgan fingerprint density at radius 1 is 1.05 bits per heavy atom. The summed E-state index contributed by atoms with van der Waals surface area (Å²) in [6.07, 6.45) is -1.83. The Labute approximate surface area is 125 Å². The number of hydrogen-bond acceptors (Lipinski definition) is 7. The molecule has 0 saturated heterocycles. The van der Waals surface area contributed by atoms with Crippen molar-refractivity contribution in [1.29, 1.82) is 0 Å². The summed E-state index contributed by atoms with van der Waals surface area (Å²) in [6, 6.07) is 0. The minimum atomic E-state index is -1.13. The first kappa shape index (κ1) is 20.1. The van der Waals surface area contributed by atoms with Gasteiger partial charge >= 0.3 is 6.09 Å². The molecule has 21 heavy (non-hydrogen) atoms. The van der Waals surface area contributed by atoms with E-state index in [1.807, 2.05) is 0 Å². The zero-order valence-electron chi connectivity index (χ0n) is 13.0. The number of rotatable bonds is 11. The van der Waals surface area contributed by atoms with Crippen LogP contribution in [0.25, 0.3) is 0 Å². The maximum atomic E-state index is 11.3. The van der Waals surface area contributed by atoms with Crippen LogP contribution in [0.15, 0.2) is 0 Å². The van der Waals surface area contributed by atoms with Crippen molar-refractivity contribution in [2.45, 2.75) is 32.6 Å². The molecule has 0 heterocycles. The molecule has 0 aliphatic carbocycles. The average molecular weight is 309 g/mol. The van der Waals surface area contributed by atoms with Crippen LogP contribution in [0.1, 0.15) is 20.8 Å². The standard InChI is InChI=1S/C13H27NO7/c1-13(2,3)21-12(17)14-11(16)10-20-9-8-19-7-6-18-5-4-15/h11,15-16H,4-10H2,1-3H3,(H,14,17). The summed E-state index contributed by atoms with van der Waals surface area (Å²) in [5.74, 6) is 0. The van der Waals surface area contributed by atoms with Gasteiger partial charge in [-0.05, 0) is 20.8 Å². The van der Waals surface area contributed by atoms with Crippen molar-refractivity contribution in [2.75, 3.05) is 46.2 Å². The third-order valence-corrected chi connectivity index (χ3v) is 1.94. The monoisotopic (exact) mass is 309 g/mol. The van der Waals surface area contributed by atoms with Gasteiger partial charge in [0.2, 0.25) is 0 Å². The number of amides is 1. The van der Waals surface area contributed by atoms with Gasteiger partial charge in [-0.15, -0.1) is 0 Å². The van der Waals surface area contributed by atoms with Crippen LogP contribution in [-0.2, 0) is 18.9 Å². The van der Waals surface area contributed by atoms with Crippen LogP contribution >= 0.6 is 0 Å². The Morgan fingerprint density at radius 3 is 2.10 bits per heavy atom. The van der Waals surface area contributed by atoms with E-state index in [1.165, 1.54) is 0 Å². The smallest absolute Gasteiger partial charge is 0.409 e. The first-order valence-electron chi connectivity index (χ1n) is 6.87. The fourth-order valence-corrected chi connectivity index (χ4v) is 1.18. The predicted octanol–water partition coefficient (Wildman–Crippen LogP) is -0.128. The van der Waals surface area contributed by atoms with Gasteiger partial charge in [-0.3, -0.25) is 5.32 Å². The van der Waals surface area contributed by atoms with E-state index < -0.39 is 17.9 Å². The highest BCUT2D eigenvalue weighted by atomic mass is 16.6. The second-order valence-electron chi connectivity index (χ2n) is 5.19. The Kier molecular flexibility index (Phi) is 11.2. The molecule has 0 aromatic rings. The molecule has 8 heteroatoms. The van der Waals surface area contributed by atoms with Crippen molar-refractivity contribution < 1.29 is 34.0 Å². The van der Waals surface area contributed by atoms with E-state index in [0.717, 1.165) is 0 Å². The van der Waals surface area contributed by atoms with Crippen molar-refractivity contribution in [1.82, 2.24) is 5.32 Å². The minimum Gasteiger partial charge on any atom is -0.444 e. The normalized spacial score (nSPS) is 13.0. The second-order valence-corrected chi connectivity index (χ2v) is 5.19. The summed E-state index contributed by atoms with van der Waals surface area (Å²) in [7, 11) is 0. The summed E-state index contributed by atoms with van der Waals surface area (Å²) < 4.78 is 20.3. The summed E-state index contributed by atoms with van der Waals surface area (Å²) in [5.41, 5.74) is -0.614. The molecule has 0 aromatic carbocycles. The Balaban J connectivity index is 3.41. The Hall–Kier alpha value is -0.930. The van der Waals surface area contributed by atoms with E-state index >= 15 is 0 Å². The molecular formula is C13H27NO7. The lowest BCUT2D eigenvalue weighted by Gasteiger charge is -2.21. The highest BCUT2D eigenvalue weighted by Crippen LogP contribution is 2.06. The van der Waals surface area contributed by atoms with Crippen LogP contribution < -0.4 is 5.32 Å². The van der Waals surface area contributed by atoms with Gasteiger partial charge in [-0.2, -0.15) is 0 Å². The molecule has 0 aromatic heterocycles. The first-order chi connectivity index (χ1) is 9.85. The van der Waals surface area contributed by atoms with Crippen LogP contribution in [0.4, 0.5) is 4.79 Å². The third-order valence-electron chi connectivity index (χ3n) is 1.94. The van der Waals surface area contributed by atoms with E-state index in [-0.39, 0.29) is 19.8 Å². The van der Waals surface area contributed by atoms with Crippen molar-refractivity contribution >= 4 is 6.09 Å². The second kappa shape index (κ2) is 11.7. The Morgan fingerprint density at radius 2 is 1.57 bits per heavy atom. The highest BCUT2D eigenvalue weighted by Gasteiger charge is 2.18. The van der Waals surface area contributed by atoms with E-state index in [0.29, 0.717) is 26.4 Å². The summed E-state index contributed by atoms with van der Waals surface area (Å²) in [6.45, 7) is 6.88. The maximum absolute atomic E-state index is 11.3. The SMILES string of the molecule is CC(C)(C)OC(=O)NC(O)COCCOCCOCCO. The average Bonchev–Trinajstić information content (AvgIpc) is 2.34. The molecule has 3 N–H and O–H groups in total. The molecular weight excluding hydrogens is 282 g/mol. The van der Waals surface area contributed by atoms with Crippen LogP contribution in [-0.4, -0.2) is 74.4 Å². The molecule has 0 bridgehead atoms. The van der Waals surface area contributed by atoms with Crippen molar-refractivity contribution in [3.05, 3.63) is 0 Å². The van der Waals surface area contributed by atoms with Crippen LogP contribution in [0.3, 0.4) is 0 Å². The summed E-state index contributed by atoms with van der Waals surface area (Å²) in [4.78, 5) is 11.3. The number of nitrogens with one attached hydrogen (secondary N) is 1. The lowest BCUT2D eigenvalue weighted by Crippen LogP contribution is -2.41. The van der Waals surface area contributed by atoms with Gasteiger partial charge < -0.3 is 29.2 Å². The number of carbonyl (C=O) groups excluding carboxylic acids is 1. The number of aliphatic hydroxyl groups is 2. The molecule has 0 saturated carbocycles. The molecule has 0 spiro atoms. The highest BCUT2D eigenvalue weighted by molar-refractivity contribution is 5.67. The topological polar surface area (TPSA) is 106 Å². The Bertz CT molecular complexity index is 268. The van der Waals surface area contributed by atoms with Gasteiger partial charge in [0.25, 0.3) is 0 Å². The summed E-state index contributed by atoms with van der Waals surface area (Å²) in [5, 5.41) is 20.2. The molecule has 0 aliphatic heterocycles. The van der Waals surface area contributed by atoms with Crippen molar-refractivity contribution in [3.8, 4) is 0 Å². The van der Waals surface area contributed by atoms with E-state index in [9.17, 15) is 9.90 Å². The molecule has 1 amide bonds. The summed E-state index contributed by atoms with van der Waals surface area (Å²) >= 11 is 0. The van der Waals surface area contributed by atoms with Crippen LogP contribution in [0.5, 0.6) is 0 Å². The molecule has 0 aliphatic rings. The first-order valence-corrected chi connectivity index (χ1v) is 6.87. The van der Waals surface area contributed by atoms with E-state index in [4.69, 9.17) is 24.1 Å². The molecule has 8 nitrogen and oxygen atoms in total. The minimum absolute atomic E-state index is 0.00829. The van der Waals surface area contributed by atoms with Gasteiger partial charge in [-0.1, -0.05) is 0 Å². The third kappa shape index (κ3) is 15.3. The van der Waals surface area contributed by atoms with Gasteiger partial charge in [-0.25, -0.2) is 4.79 Å². The maximum Gasteiger partial charge on any atom is 0.409 e. The lowest BCUT2D eigenvalue weighted by atomic mass is 10.2. The molecule has 0 fully saturated rings. The number of hydrogen-bond donors (Lipinski definition) is 3. The fraction of sp³-hybridized carbons (Fsp3) is 0.923. The molecule has 1 unspecified atom stereocenters. The molecule has 126 valence electrons. The van der Waals surface area contributed by atoms with Gasteiger partial charge in [0.1, 0.15) is 5.60 Å². The van der Waals surface area contributed by atoms with E-state index in [1.54, 1.807) is 20.8 Å². The fourth-order valence-electron chi connectivity index (χ4n) is 1.18. The molecule has 0 rings (SSSR count). The number of ether oxygens (including phenoxy) is 4. The van der Waals surface area contributed by atoms with Gasteiger partial charge in [0.05, 0.1) is 46.2 Å². The number of aliphatic hydroxyl groups excluding tert-OH is 2. The quantitative estimate of drug-likeness (QED) is 0.360. The van der Waals surface area contributed by atoms with Gasteiger partial charge in [0.15, 0.2) is 6.23 Å². The predicted molar refractivity (Wildman–Crippen MR) is 74.9 cm³/mol. The van der Waals surface area contributed by atoms with Gasteiger partial charge in [0, 0.05) is 0 Å². The largest absolute Gasteiger partial charge is 0.444 e. The molecule has 1 atom stereocenters. The van der Waals surface area contributed by atoms with Crippen molar-refractivity contribution in [2.24, 2.45) is 0 Å². The zero-order chi connectivity index (χ0) is 16.1. The van der Waals surface area contributed by atoms with Crippen LogP contribution in [0, 0.1) is 0 Å². The lowest BCUT2D eigenvalue weighted by molar-refractivity contribution is -0.0236. The van der Waals surface area contributed by atoms with Crippen LogP contribution in [0.2, 0.25) is 0 Å². The number of alkyl carbamates (subject to hydrolysis) is 1. The van der Waals surface area contributed by atoms with Crippen molar-refractivity contribution in [3.63, 3.8) is 0 Å². The van der Waals surface area contributed by atoms with E-state index in [2.05, 4.69) is 5.32 Å².